The van der Waals surface area contributed by atoms with Crippen LogP contribution < -0.4 is 10.2 Å². The summed E-state index contributed by atoms with van der Waals surface area (Å²) in [5, 5.41) is 14.7. The topological polar surface area (TPSA) is 65.0 Å². The van der Waals surface area contributed by atoms with E-state index in [9.17, 15) is 9.90 Å². The molecule has 0 spiro atoms. The number of anilines is 1. The first-order valence-corrected chi connectivity index (χ1v) is 14.6. The molecule has 6 atom stereocenters. The number of ether oxygens (including phenoxy) is 1. The maximum atomic E-state index is 13.6. The number of amides is 1. The summed E-state index contributed by atoms with van der Waals surface area (Å²) in [5.41, 5.74) is 0.430. The Kier molecular flexibility index (Phi) is 8.82. The van der Waals surface area contributed by atoms with Gasteiger partial charge in [0, 0.05) is 23.8 Å². The van der Waals surface area contributed by atoms with Crippen molar-refractivity contribution < 1.29 is 14.6 Å². The Morgan fingerprint density at radius 2 is 1.89 bits per heavy atom. The molecule has 1 aromatic carbocycles. The van der Waals surface area contributed by atoms with Crippen LogP contribution in [0.1, 0.15) is 44.9 Å². The Morgan fingerprint density at radius 1 is 1.11 bits per heavy atom. The molecule has 4 unspecified atom stereocenters. The van der Waals surface area contributed by atoms with Crippen molar-refractivity contribution in [3.8, 4) is 0 Å². The van der Waals surface area contributed by atoms with E-state index in [0.717, 1.165) is 63.8 Å². The van der Waals surface area contributed by atoms with Gasteiger partial charge in [-0.05, 0) is 82.3 Å². The molecule has 0 bridgehead atoms. The van der Waals surface area contributed by atoms with Crippen molar-refractivity contribution in [2.75, 3.05) is 37.7 Å². The van der Waals surface area contributed by atoms with Crippen LogP contribution in [0.3, 0.4) is 0 Å². The van der Waals surface area contributed by atoms with Crippen molar-refractivity contribution >= 4 is 34.8 Å². The standard InChI is InChI=1S/C29H39Cl2N3O3/c30-22-9-11-23(12-10-22)34-18-13-21(19-34)28(36)32-25(20-35)27(33-16-4-5-17-33)29(14-2-1-3-15-29)37-26-8-6-7-24(26)31/h1-3,9-12,14,21,24-27,35H,4-8,13,15-20H2,(H,32,36)/t21-,24?,25?,26?,27?,29+/m1/s1. The number of likely N-dealkylation sites (tertiary alicyclic amines) is 1. The zero-order chi connectivity index (χ0) is 25.8. The third-order valence-corrected chi connectivity index (χ3v) is 9.25. The summed E-state index contributed by atoms with van der Waals surface area (Å²) in [6.07, 6.45) is 15.0. The molecule has 3 fully saturated rings. The number of halogens is 2. The van der Waals surface area contributed by atoms with Gasteiger partial charge in [0.05, 0.1) is 36.1 Å². The molecule has 37 heavy (non-hydrogen) atoms. The molecule has 1 aromatic rings. The highest BCUT2D eigenvalue weighted by atomic mass is 35.5. The molecule has 8 heteroatoms. The first-order chi connectivity index (χ1) is 18.0. The fourth-order valence-corrected chi connectivity index (χ4v) is 7.06. The fraction of sp³-hybridized carbons (Fsp3) is 0.621. The van der Waals surface area contributed by atoms with Crippen LogP contribution in [0, 0.1) is 5.92 Å². The van der Waals surface area contributed by atoms with E-state index in [2.05, 4.69) is 27.3 Å². The summed E-state index contributed by atoms with van der Waals surface area (Å²) >= 11 is 12.7. The second-order valence-corrected chi connectivity index (χ2v) is 11.9. The van der Waals surface area contributed by atoms with Crippen molar-refractivity contribution in [3.63, 3.8) is 0 Å². The van der Waals surface area contributed by atoms with Crippen LogP contribution in [0.15, 0.2) is 48.6 Å². The first-order valence-electron chi connectivity index (χ1n) is 13.8. The molecule has 2 saturated heterocycles. The zero-order valence-electron chi connectivity index (χ0n) is 21.4. The van der Waals surface area contributed by atoms with Crippen LogP contribution in [0.25, 0.3) is 0 Å². The maximum Gasteiger partial charge on any atom is 0.225 e. The molecule has 2 N–H and O–H groups in total. The van der Waals surface area contributed by atoms with Gasteiger partial charge in [0.25, 0.3) is 0 Å². The molecule has 1 amide bonds. The van der Waals surface area contributed by atoms with E-state index in [1.54, 1.807) is 0 Å². The summed E-state index contributed by atoms with van der Waals surface area (Å²) in [5.74, 6) is -0.133. The van der Waals surface area contributed by atoms with E-state index in [4.69, 9.17) is 27.9 Å². The highest BCUT2D eigenvalue weighted by molar-refractivity contribution is 6.30. The number of hydrogen-bond acceptors (Lipinski definition) is 5. The van der Waals surface area contributed by atoms with E-state index in [1.807, 2.05) is 36.4 Å². The Hall–Kier alpha value is -1.57. The summed E-state index contributed by atoms with van der Waals surface area (Å²) in [6, 6.07) is 7.14. The zero-order valence-corrected chi connectivity index (χ0v) is 22.9. The van der Waals surface area contributed by atoms with E-state index >= 15 is 0 Å². The van der Waals surface area contributed by atoms with Gasteiger partial charge >= 0.3 is 0 Å². The van der Waals surface area contributed by atoms with Crippen molar-refractivity contribution in [3.05, 3.63) is 53.6 Å². The molecule has 0 radical (unpaired) electrons. The third kappa shape index (κ3) is 6.04. The molecule has 6 nitrogen and oxygen atoms in total. The molecular formula is C29H39Cl2N3O3. The summed E-state index contributed by atoms with van der Waals surface area (Å²) in [4.78, 5) is 18.2. The number of nitrogens with one attached hydrogen (secondary N) is 1. The smallest absolute Gasteiger partial charge is 0.225 e. The molecule has 2 heterocycles. The predicted octanol–water partition coefficient (Wildman–Crippen LogP) is 4.54. The Balaban J connectivity index is 1.34. The van der Waals surface area contributed by atoms with Crippen LogP contribution in [0.5, 0.6) is 0 Å². The number of hydrogen-bond donors (Lipinski definition) is 2. The Bertz CT molecular complexity index is 981. The highest BCUT2D eigenvalue weighted by Gasteiger charge is 2.49. The van der Waals surface area contributed by atoms with Gasteiger partial charge in [-0.2, -0.15) is 0 Å². The number of alkyl halides is 1. The van der Waals surface area contributed by atoms with Crippen LogP contribution in [-0.4, -0.2) is 77.9 Å². The van der Waals surface area contributed by atoms with Crippen LogP contribution in [-0.2, 0) is 9.53 Å². The second-order valence-electron chi connectivity index (χ2n) is 10.9. The number of allylic oxidation sites excluding steroid dienone is 2. The highest BCUT2D eigenvalue weighted by Crippen LogP contribution is 2.39. The number of aliphatic hydroxyl groups is 1. The molecule has 1 saturated carbocycles. The average molecular weight is 549 g/mol. The van der Waals surface area contributed by atoms with Crippen LogP contribution in [0.4, 0.5) is 5.69 Å². The van der Waals surface area contributed by atoms with Crippen molar-refractivity contribution in [1.29, 1.82) is 0 Å². The maximum absolute atomic E-state index is 13.6. The van der Waals surface area contributed by atoms with Gasteiger partial charge in [0.15, 0.2) is 0 Å². The molecule has 2 aliphatic heterocycles. The lowest BCUT2D eigenvalue weighted by Crippen LogP contribution is -2.65. The SMILES string of the molecule is O=C(NC(CO)C(N1CCCC1)[C@]1(OC2CCCC2Cl)C=CC=CC1)[C@@H]1CCN(c2ccc(Cl)cc2)C1. The number of benzene rings is 1. The molecule has 5 rings (SSSR count). The predicted molar refractivity (Wildman–Crippen MR) is 149 cm³/mol. The van der Waals surface area contributed by atoms with Gasteiger partial charge in [-0.15, -0.1) is 11.6 Å². The number of rotatable bonds is 9. The van der Waals surface area contributed by atoms with Gasteiger partial charge in [-0.3, -0.25) is 9.69 Å². The van der Waals surface area contributed by atoms with Crippen molar-refractivity contribution in [2.45, 2.75) is 74.1 Å². The van der Waals surface area contributed by atoms with Gasteiger partial charge < -0.3 is 20.1 Å². The lowest BCUT2D eigenvalue weighted by molar-refractivity contribution is -0.132. The number of carbonyl (C=O) groups excluding carboxylic acids is 1. The summed E-state index contributed by atoms with van der Waals surface area (Å²) < 4.78 is 6.91. The van der Waals surface area contributed by atoms with E-state index < -0.39 is 11.6 Å². The van der Waals surface area contributed by atoms with Gasteiger partial charge in [-0.1, -0.05) is 35.9 Å². The molecule has 4 aliphatic rings. The fourth-order valence-electron chi connectivity index (χ4n) is 6.60. The van der Waals surface area contributed by atoms with E-state index in [0.29, 0.717) is 18.0 Å². The lowest BCUT2D eigenvalue weighted by Gasteiger charge is -2.48. The number of aliphatic hydroxyl groups excluding tert-OH is 1. The van der Waals surface area contributed by atoms with Gasteiger partial charge in [-0.25, -0.2) is 0 Å². The molecule has 0 aromatic heterocycles. The third-order valence-electron chi connectivity index (χ3n) is 8.50. The lowest BCUT2D eigenvalue weighted by atomic mass is 9.81. The number of nitrogens with zero attached hydrogens (tertiary/aromatic N) is 2. The van der Waals surface area contributed by atoms with E-state index in [1.165, 1.54) is 0 Å². The minimum atomic E-state index is -0.646. The summed E-state index contributed by atoms with van der Waals surface area (Å²) in [7, 11) is 0. The average Bonchev–Trinajstić information content (AvgIpc) is 3.68. The minimum Gasteiger partial charge on any atom is -0.394 e. The van der Waals surface area contributed by atoms with Crippen molar-refractivity contribution in [2.24, 2.45) is 5.92 Å². The molecule has 2 aliphatic carbocycles. The van der Waals surface area contributed by atoms with Gasteiger partial charge in [0.2, 0.25) is 5.91 Å². The van der Waals surface area contributed by atoms with Crippen molar-refractivity contribution in [1.82, 2.24) is 10.2 Å². The molecular weight excluding hydrogens is 509 g/mol. The largest absolute Gasteiger partial charge is 0.394 e. The van der Waals surface area contributed by atoms with E-state index in [-0.39, 0.29) is 36.0 Å². The van der Waals surface area contributed by atoms with Gasteiger partial charge in [0.1, 0.15) is 5.60 Å². The second kappa shape index (κ2) is 12.1. The Labute approximate surface area is 230 Å². The summed E-state index contributed by atoms with van der Waals surface area (Å²) in [6.45, 7) is 3.20. The van der Waals surface area contributed by atoms with Crippen LogP contribution in [0.2, 0.25) is 5.02 Å². The minimum absolute atomic E-state index is 0.00118. The number of carbonyl (C=O) groups is 1. The normalized spacial score (nSPS) is 31.6. The van der Waals surface area contributed by atoms with Crippen LogP contribution >= 0.6 is 23.2 Å². The molecule has 202 valence electrons. The first kappa shape index (κ1) is 27.0. The monoisotopic (exact) mass is 547 g/mol. The Morgan fingerprint density at radius 3 is 2.54 bits per heavy atom. The quantitative estimate of drug-likeness (QED) is 0.444.